The molecule has 0 fully saturated rings. The van der Waals surface area contributed by atoms with Gasteiger partial charge < -0.3 is 21.1 Å². The third-order valence-corrected chi connectivity index (χ3v) is 4.29. The van der Waals surface area contributed by atoms with Crippen LogP contribution in [0.3, 0.4) is 0 Å². The summed E-state index contributed by atoms with van der Waals surface area (Å²) >= 11 is 6.21. The Balaban J connectivity index is 2.02. The Morgan fingerprint density at radius 1 is 1.23 bits per heavy atom. The first kappa shape index (κ1) is 14.8. The van der Waals surface area contributed by atoms with E-state index in [1.165, 1.54) is 0 Å². The minimum Gasteiger partial charge on any atom is -0.495 e. The van der Waals surface area contributed by atoms with Crippen molar-refractivity contribution in [1.29, 1.82) is 0 Å². The first-order valence-corrected chi connectivity index (χ1v) is 7.35. The summed E-state index contributed by atoms with van der Waals surface area (Å²) in [5.41, 5.74) is 17.3. The van der Waals surface area contributed by atoms with E-state index in [0.29, 0.717) is 10.8 Å². The predicted octanol–water partition coefficient (Wildman–Crippen LogP) is 3.69. The topological polar surface area (TPSA) is 64.5 Å². The molecule has 0 amide bonds. The van der Waals surface area contributed by atoms with Crippen LogP contribution in [-0.2, 0) is 0 Å². The lowest BCUT2D eigenvalue weighted by Crippen LogP contribution is -2.33. The van der Waals surface area contributed by atoms with Gasteiger partial charge in [0.2, 0.25) is 0 Å². The highest BCUT2D eigenvalue weighted by molar-refractivity contribution is 6.32. The van der Waals surface area contributed by atoms with E-state index < -0.39 is 0 Å². The number of nitrogen functional groups attached to an aromatic ring is 1. The summed E-state index contributed by atoms with van der Waals surface area (Å²) < 4.78 is 5.18. The number of anilines is 2. The molecule has 0 aromatic heterocycles. The van der Waals surface area contributed by atoms with E-state index in [1.54, 1.807) is 7.11 Å². The van der Waals surface area contributed by atoms with Crippen LogP contribution in [0, 0.1) is 6.92 Å². The molecule has 22 heavy (non-hydrogen) atoms. The summed E-state index contributed by atoms with van der Waals surface area (Å²) in [4.78, 5) is 1.96. The van der Waals surface area contributed by atoms with Crippen LogP contribution in [0.4, 0.5) is 11.4 Å². The van der Waals surface area contributed by atoms with E-state index >= 15 is 0 Å². The van der Waals surface area contributed by atoms with Crippen molar-refractivity contribution in [2.45, 2.75) is 13.1 Å². The quantitative estimate of drug-likeness (QED) is 0.830. The predicted molar refractivity (Wildman–Crippen MR) is 92.0 cm³/mol. The molecule has 3 rings (SSSR count). The molecule has 0 radical (unpaired) electrons. The summed E-state index contributed by atoms with van der Waals surface area (Å²) in [6.45, 7) is 1.99. The van der Waals surface area contributed by atoms with Crippen LogP contribution in [0.25, 0.3) is 6.08 Å². The number of benzene rings is 2. The number of fused-ring (bicyclic) bond motifs is 1. The molecule has 5 heteroatoms. The van der Waals surface area contributed by atoms with E-state index in [1.807, 2.05) is 54.4 Å². The molecule has 0 bridgehead atoms. The van der Waals surface area contributed by atoms with Gasteiger partial charge >= 0.3 is 0 Å². The van der Waals surface area contributed by atoms with Gasteiger partial charge in [0, 0.05) is 23.1 Å². The Morgan fingerprint density at radius 3 is 2.68 bits per heavy atom. The summed E-state index contributed by atoms with van der Waals surface area (Å²) in [6.07, 6.45) is 3.60. The van der Waals surface area contributed by atoms with Crippen molar-refractivity contribution in [3.8, 4) is 5.75 Å². The largest absolute Gasteiger partial charge is 0.495 e. The number of nitrogens with two attached hydrogens (primary N) is 2. The van der Waals surface area contributed by atoms with Crippen LogP contribution in [-0.4, -0.2) is 7.11 Å². The highest BCUT2D eigenvalue weighted by Crippen LogP contribution is 2.37. The molecule has 4 nitrogen and oxygen atoms in total. The van der Waals surface area contributed by atoms with Gasteiger partial charge in [0.25, 0.3) is 0 Å². The zero-order valence-electron chi connectivity index (χ0n) is 12.5. The Kier molecular flexibility index (Phi) is 3.72. The lowest BCUT2D eigenvalue weighted by atomic mass is 9.96. The molecule has 2 aromatic rings. The van der Waals surface area contributed by atoms with Crippen molar-refractivity contribution in [3.05, 3.63) is 58.2 Å². The Bertz CT molecular complexity index is 758. The molecule has 1 unspecified atom stereocenters. The molecule has 0 aliphatic carbocycles. The number of ether oxygens (including phenoxy) is 1. The van der Waals surface area contributed by atoms with E-state index in [2.05, 4.69) is 0 Å². The maximum absolute atomic E-state index is 6.41. The normalized spacial score (nSPS) is 16.5. The number of hydrogen-bond donors (Lipinski definition) is 2. The van der Waals surface area contributed by atoms with Gasteiger partial charge in [-0.2, -0.15) is 0 Å². The van der Waals surface area contributed by atoms with Crippen LogP contribution >= 0.6 is 11.6 Å². The number of hydrogen-bond acceptors (Lipinski definition) is 4. The number of aryl methyl sites for hydroxylation is 1. The number of halogens is 1. The van der Waals surface area contributed by atoms with Crippen LogP contribution in [0.2, 0.25) is 5.02 Å². The van der Waals surface area contributed by atoms with Crippen molar-refractivity contribution < 1.29 is 4.74 Å². The molecule has 2 aromatic carbocycles. The van der Waals surface area contributed by atoms with Crippen molar-refractivity contribution in [2.75, 3.05) is 17.7 Å². The molecular weight excluding hydrogens is 298 g/mol. The summed E-state index contributed by atoms with van der Waals surface area (Å²) in [5.74, 6) is 0.639. The SMILES string of the molecule is COc1ccc(N2C=Cc3c(ccc(C)c3N)C2N)cc1Cl. The van der Waals surface area contributed by atoms with Crippen molar-refractivity contribution >= 4 is 29.1 Å². The fourth-order valence-electron chi connectivity index (χ4n) is 2.67. The van der Waals surface area contributed by atoms with Gasteiger partial charge in [-0.1, -0.05) is 23.7 Å². The molecule has 1 aliphatic heterocycles. The van der Waals surface area contributed by atoms with Crippen LogP contribution in [0.15, 0.2) is 36.5 Å². The molecule has 0 spiro atoms. The molecule has 0 saturated heterocycles. The first-order chi connectivity index (χ1) is 10.5. The Hall–Kier alpha value is -2.17. The van der Waals surface area contributed by atoms with Crippen LogP contribution < -0.4 is 21.1 Å². The smallest absolute Gasteiger partial charge is 0.137 e. The van der Waals surface area contributed by atoms with Gasteiger partial charge in [0.15, 0.2) is 0 Å². The van der Waals surface area contributed by atoms with Crippen molar-refractivity contribution in [3.63, 3.8) is 0 Å². The second-order valence-corrected chi connectivity index (χ2v) is 5.69. The van der Waals surface area contributed by atoms with Gasteiger partial charge in [0.1, 0.15) is 11.9 Å². The van der Waals surface area contributed by atoms with E-state index in [4.69, 9.17) is 27.8 Å². The van der Waals surface area contributed by atoms with Gasteiger partial charge in [-0.05, 0) is 42.3 Å². The van der Waals surface area contributed by atoms with Crippen molar-refractivity contribution in [1.82, 2.24) is 0 Å². The zero-order chi connectivity index (χ0) is 15.9. The summed E-state index contributed by atoms with van der Waals surface area (Å²) in [6, 6.07) is 9.61. The van der Waals surface area contributed by atoms with E-state index in [-0.39, 0.29) is 6.17 Å². The third kappa shape index (κ3) is 2.30. The fourth-order valence-corrected chi connectivity index (χ4v) is 2.92. The molecule has 1 aliphatic rings. The molecule has 114 valence electrons. The van der Waals surface area contributed by atoms with Gasteiger partial charge in [-0.3, -0.25) is 0 Å². The average Bonchev–Trinajstić information content (AvgIpc) is 2.51. The minimum atomic E-state index is -0.313. The van der Waals surface area contributed by atoms with Crippen LogP contribution in [0.5, 0.6) is 5.75 Å². The third-order valence-electron chi connectivity index (χ3n) is 3.99. The second kappa shape index (κ2) is 5.55. The van der Waals surface area contributed by atoms with E-state index in [0.717, 1.165) is 28.1 Å². The lowest BCUT2D eigenvalue weighted by Gasteiger charge is -2.33. The van der Waals surface area contributed by atoms with Crippen molar-refractivity contribution in [2.24, 2.45) is 5.73 Å². The average molecular weight is 316 g/mol. The highest BCUT2D eigenvalue weighted by Gasteiger charge is 2.23. The van der Waals surface area contributed by atoms with Crippen LogP contribution in [0.1, 0.15) is 22.9 Å². The summed E-state index contributed by atoms with van der Waals surface area (Å²) in [5, 5.41) is 0.551. The summed E-state index contributed by atoms with van der Waals surface area (Å²) in [7, 11) is 1.59. The minimum absolute atomic E-state index is 0.313. The highest BCUT2D eigenvalue weighted by atomic mass is 35.5. The Morgan fingerprint density at radius 2 is 2.00 bits per heavy atom. The van der Waals surface area contributed by atoms with Gasteiger partial charge in [-0.15, -0.1) is 0 Å². The first-order valence-electron chi connectivity index (χ1n) is 6.97. The maximum atomic E-state index is 6.41. The Labute approximate surface area is 134 Å². The number of nitrogens with zero attached hydrogens (tertiary/aromatic N) is 1. The molecule has 1 atom stereocenters. The van der Waals surface area contributed by atoms with Gasteiger partial charge in [0.05, 0.1) is 12.1 Å². The number of rotatable bonds is 2. The second-order valence-electron chi connectivity index (χ2n) is 5.29. The monoisotopic (exact) mass is 315 g/mol. The zero-order valence-corrected chi connectivity index (χ0v) is 13.3. The molecular formula is C17H18ClN3O. The standard InChI is InChI=1S/C17H18ClN3O/c1-10-3-5-13-12(16(10)19)7-8-21(17(13)20)11-4-6-15(22-2)14(18)9-11/h3-9,17H,19-20H2,1-2H3. The molecule has 4 N–H and O–H groups in total. The van der Waals surface area contributed by atoms with Gasteiger partial charge in [-0.25, -0.2) is 0 Å². The number of methoxy groups -OCH3 is 1. The lowest BCUT2D eigenvalue weighted by molar-refractivity contribution is 0.415. The molecule has 1 heterocycles. The van der Waals surface area contributed by atoms with E-state index in [9.17, 15) is 0 Å². The molecule has 0 saturated carbocycles. The fraction of sp³-hybridized carbons (Fsp3) is 0.176. The maximum Gasteiger partial charge on any atom is 0.137 e.